The lowest BCUT2D eigenvalue weighted by Crippen LogP contribution is -2.41. The van der Waals surface area contributed by atoms with Crippen molar-refractivity contribution in [1.82, 2.24) is 4.31 Å². The molecule has 0 spiro atoms. The summed E-state index contributed by atoms with van der Waals surface area (Å²) in [5.41, 5.74) is 0. The van der Waals surface area contributed by atoms with E-state index in [0.717, 1.165) is 31.6 Å². The van der Waals surface area contributed by atoms with Gasteiger partial charge >= 0.3 is 0 Å². The first-order valence-electron chi connectivity index (χ1n) is 6.38. The number of alkyl halides is 1. The van der Waals surface area contributed by atoms with Gasteiger partial charge in [-0.25, -0.2) is 12.7 Å². The minimum atomic E-state index is -3.14. The van der Waals surface area contributed by atoms with Gasteiger partial charge in [0.25, 0.3) is 0 Å². The average molecular weight is 282 g/mol. The van der Waals surface area contributed by atoms with Crippen LogP contribution in [0, 0.1) is 11.8 Å². The Hall–Kier alpha value is 0.200. The van der Waals surface area contributed by atoms with E-state index >= 15 is 0 Å². The summed E-state index contributed by atoms with van der Waals surface area (Å²) >= 11 is 5.68. The highest BCUT2D eigenvalue weighted by molar-refractivity contribution is 7.89. The van der Waals surface area contributed by atoms with Crippen LogP contribution < -0.4 is 0 Å². The third kappa shape index (κ3) is 4.42. The maximum Gasteiger partial charge on any atom is 0.214 e. The molecule has 0 radical (unpaired) electrons. The van der Waals surface area contributed by atoms with Crippen molar-refractivity contribution in [2.45, 2.75) is 45.6 Å². The van der Waals surface area contributed by atoms with Crippen LogP contribution in [0.25, 0.3) is 0 Å². The molecule has 0 bridgehead atoms. The molecule has 1 fully saturated rings. The molecule has 1 rings (SSSR count). The summed E-state index contributed by atoms with van der Waals surface area (Å²) in [5, 5.41) is 0. The Morgan fingerprint density at radius 2 is 1.82 bits per heavy atom. The van der Waals surface area contributed by atoms with Gasteiger partial charge in [-0.05, 0) is 37.5 Å². The lowest BCUT2D eigenvalue weighted by atomic mass is 9.87. The molecule has 1 aliphatic carbocycles. The topological polar surface area (TPSA) is 37.4 Å². The fourth-order valence-corrected chi connectivity index (χ4v) is 4.33. The third-order valence-electron chi connectivity index (χ3n) is 3.70. The highest BCUT2D eigenvalue weighted by Crippen LogP contribution is 2.28. The van der Waals surface area contributed by atoms with Crippen LogP contribution >= 0.6 is 11.6 Å². The van der Waals surface area contributed by atoms with Crippen molar-refractivity contribution in [2.75, 3.05) is 18.7 Å². The smallest absolute Gasteiger partial charge is 0.212 e. The zero-order valence-electron chi connectivity index (χ0n) is 11.0. The number of nitrogens with zero attached hydrogens (tertiary/aromatic N) is 1. The largest absolute Gasteiger partial charge is 0.214 e. The molecule has 0 aromatic heterocycles. The number of hydrogen-bond acceptors (Lipinski definition) is 2. The first-order chi connectivity index (χ1) is 7.86. The zero-order valence-corrected chi connectivity index (χ0v) is 12.6. The molecule has 3 nitrogen and oxygen atoms in total. The number of sulfonamides is 1. The molecule has 0 aromatic carbocycles. The molecule has 1 saturated carbocycles. The molecular weight excluding hydrogens is 258 g/mol. The Labute approximate surface area is 111 Å². The zero-order chi connectivity index (χ0) is 13.1. The molecule has 0 amide bonds. The van der Waals surface area contributed by atoms with Crippen molar-refractivity contribution in [3.8, 4) is 0 Å². The van der Waals surface area contributed by atoms with Gasteiger partial charge in [0, 0.05) is 19.0 Å². The molecular formula is C12H24ClNO2S. The first kappa shape index (κ1) is 15.3. The Morgan fingerprint density at radius 3 is 2.29 bits per heavy atom. The van der Waals surface area contributed by atoms with Gasteiger partial charge in [-0.2, -0.15) is 0 Å². The Kier molecular flexibility index (Phi) is 5.74. The van der Waals surface area contributed by atoms with Crippen LogP contribution in [0.3, 0.4) is 0 Å². The van der Waals surface area contributed by atoms with Crippen molar-refractivity contribution in [1.29, 1.82) is 0 Å². The average Bonchev–Trinajstić information content (AvgIpc) is 2.28. The standard InChI is InChI=1S/C12H24ClNO2S/c1-10-4-6-12(7-5-10)14(3)17(15,16)9-11(2)8-13/h10-12H,4-9H2,1-3H3. The minimum Gasteiger partial charge on any atom is -0.212 e. The second kappa shape index (κ2) is 6.39. The summed E-state index contributed by atoms with van der Waals surface area (Å²) in [6.45, 7) is 4.11. The van der Waals surface area contributed by atoms with E-state index in [-0.39, 0.29) is 17.7 Å². The Morgan fingerprint density at radius 1 is 1.29 bits per heavy atom. The van der Waals surface area contributed by atoms with Gasteiger partial charge in [-0.3, -0.25) is 0 Å². The molecule has 0 saturated heterocycles. The predicted molar refractivity (Wildman–Crippen MR) is 72.9 cm³/mol. The van der Waals surface area contributed by atoms with Crippen LogP contribution in [-0.2, 0) is 10.0 Å². The van der Waals surface area contributed by atoms with Gasteiger partial charge in [-0.1, -0.05) is 13.8 Å². The summed E-state index contributed by atoms with van der Waals surface area (Å²) in [7, 11) is -1.42. The SMILES string of the molecule is CC1CCC(N(C)S(=O)(=O)CC(C)CCl)CC1. The summed E-state index contributed by atoms with van der Waals surface area (Å²) < 4.78 is 25.9. The normalized spacial score (nSPS) is 28.3. The van der Waals surface area contributed by atoms with Crippen molar-refractivity contribution in [3.63, 3.8) is 0 Å². The highest BCUT2D eigenvalue weighted by atomic mass is 35.5. The van der Waals surface area contributed by atoms with Crippen molar-refractivity contribution >= 4 is 21.6 Å². The Bertz CT molecular complexity index is 323. The van der Waals surface area contributed by atoms with Gasteiger partial charge in [0.15, 0.2) is 0 Å². The van der Waals surface area contributed by atoms with E-state index in [1.807, 2.05) is 6.92 Å². The molecule has 0 aromatic rings. The summed E-state index contributed by atoms with van der Waals surface area (Å²) in [6, 6.07) is 0.193. The fraction of sp³-hybridized carbons (Fsp3) is 1.00. The van der Waals surface area contributed by atoms with Crippen LogP contribution in [0.5, 0.6) is 0 Å². The number of halogens is 1. The fourth-order valence-electron chi connectivity index (χ4n) is 2.35. The number of rotatable bonds is 5. The van der Waals surface area contributed by atoms with Gasteiger partial charge in [0.1, 0.15) is 0 Å². The molecule has 102 valence electrons. The lowest BCUT2D eigenvalue weighted by Gasteiger charge is -2.33. The molecule has 0 aliphatic heterocycles. The van der Waals surface area contributed by atoms with Crippen LogP contribution in [0.2, 0.25) is 0 Å². The summed E-state index contributed by atoms with van der Waals surface area (Å²) in [5.74, 6) is 1.32. The first-order valence-corrected chi connectivity index (χ1v) is 8.53. The van der Waals surface area contributed by atoms with Crippen LogP contribution in [0.15, 0.2) is 0 Å². The summed E-state index contributed by atoms with van der Waals surface area (Å²) in [4.78, 5) is 0. The third-order valence-corrected chi connectivity index (χ3v) is 6.39. The van der Waals surface area contributed by atoms with Gasteiger partial charge in [0.2, 0.25) is 10.0 Å². The molecule has 0 N–H and O–H groups in total. The monoisotopic (exact) mass is 281 g/mol. The van der Waals surface area contributed by atoms with Crippen LogP contribution in [0.1, 0.15) is 39.5 Å². The van der Waals surface area contributed by atoms with Crippen molar-refractivity contribution in [2.24, 2.45) is 11.8 Å². The van der Waals surface area contributed by atoms with Crippen LogP contribution in [-0.4, -0.2) is 37.4 Å². The maximum atomic E-state index is 12.1. The van der Waals surface area contributed by atoms with E-state index in [1.54, 1.807) is 11.4 Å². The van der Waals surface area contributed by atoms with E-state index in [2.05, 4.69) is 6.92 Å². The van der Waals surface area contributed by atoms with Crippen LogP contribution in [0.4, 0.5) is 0 Å². The molecule has 1 atom stereocenters. The molecule has 1 unspecified atom stereocenters. The van der Waals surface area contributed by atoms with E-state index in [0.29, 0.717) is 5.88 Å². The highest BCUT2D eigenvalue weighted by Gasteiger charge is 2.30. The molecule has 1 aliphatic rings. The second-order valence-corrected chi connectivity index (χ2v) is 7.85. The molecule has 0 heterocycles. The van der Waals surface area contributed by atoms with E-state index in [1.165, 1.54) is 0 Å². The van der Waals surface area contributed by atoms with Gasteiger partial charge in [0.05, 0.1) is 5.75 Å². The quantitative estimate of drug-likeness (QED) is 0.727. The van der Waals surface area contributed by atoms with Gasteiger partial charge < -0.3 is 0 Å². The van der Waals surface area contributed by atoms with Gasteiger partial charge in [-0.15, -0.1) is 11.6 Å². The van der Waals surface area contributed by atoms with E-state index in [9.17, 15) is 8.42 Å². The van der Waals surface area contributed by atoms with Crippen molar-refractivity contribution < 1.29 is 8.42 Å². The summed E-state index contributed by atoms with van der Waals surface area (Å²) in [6.07, 6.45) is 4.25. The van der Waals surface area contributed by atoms with E-state index < -0.39 is 10.0 Å². The minimum absolute atomic E-state index is 0.0200. The Balaban J connectivity index is 2.59. The molecule has 17 heavy (non-hydrogen) atoms. The maximum absolute atomic E-state index is 12.1. The number of hydrogen-bond donors (Lipinski definition) is 0. The van der Waals surface area contributed by atoms with E-state index in [4.69, 9.17) is 11.6 Å². The molecule has 5 heteroatoms. The predicted octanol–water partition coefficient (Wildman–Crippen LogP) is 2.70. The lowest BCUT2D eigenvalue weighted by molar-refractivity contribution is 0.245. The van der Waals surface area contributed by atoms with Crippen molar-refractivity contribution in [3.05, 3.63) is 0 Å². The second-order valence-electron chi connectivity index (χ2n) is 5.47.